The molecule has 4 nitrogen and oxygen atoms in total. The molecule has 0 atom stereocenters. The summed E-state index contributed by atoms with van der Waals surface area (Å²) in [5, 5.41) is 0. The van der Waals surface area contributed by atoms with E-state index < -0.39 is 0 Å². The van der Waals surface area contributed by atoms with Crippen molar-refractivity contribution in [3.8, 4) is 0 Å². The molecule has 0 radical (unpaired) electrons. The molecule has 0 bridgehead atoms. The SMILES string of the molecule is CC(C)OC(=O)CCCCCCCC(=O)OC(C)C. The Morgan fingerprint density at radius 3 is 1.32 bits per heavy atom. The van der Waals surface area contributed by atoms with Crippen molar-refractivity contribution in [1.29, 1.82) is 0 Å². The molecule has 0 saturated heterocycles. The number of rotatable bonds is 10. The zero-order valence-electron chi connectivity index (χ0n) is 12.7. The summed E-state index contributed by atoms with van der Waals surface area (Å²) >= 11 is 0. The van der Waals surface area contributed by atoms with Crippen LogP contribution in [0.5, 0.6) is 0 Å². The molecule has 0 aromatic carbocycles. The summed E-state index contributed by atoms with van der Waals surface area (Å²) in [7, 11) is 0. The fourth-order valence-corrected chi connectivity index (χ4v) is 1.71. The first-order valence-corrected chi connectivity index (χ1v) is 7.30. The normalized spacial score (nSPS) is 10.8. The van der Waals surface area contributed by atoms with Crippen LogP contribution >= 0.6 is 0 Å². The topological polar surface area (TPSA) is 52.6 Å². The standard InChI is InChI=1S/C15H28O4/c1-12(2)18-14(16)10-8-6-5-7-9-11-15(17)19-13(3)4/h12-13H,5-11H2,1-4H3. The van der Waals surface area contributed by atoms with E-state index in [-0.39, 0.29) is 24.1 Å². The van der Waals surface area contributed by atoms with Crippen molar-refractivity contribution in [3.63, 3.8) is 0 Å². The van der Waals surface area contributed by atoms with Gasteiger partial charge in [0.1, 0.15) is 0 Å². The molecule has 0 spiro atoms. The Labute approximate surface area is 116 Å². The quantitative estimate of drug-likeness (QED) is 0.450. The molecule has 0 aliphatic rings. The zero-order valence-corrected chi connectivity index (χ0v) is 12.7. The fraction of sp³-hybridized carbons (Fsp3) is 0.867. The smallest absolute Gasteiger partial charge is 0.306 e. The van der Waals surface area contributed by atoms with Gasteiger partial charge in [0.2, 0.25) is 0 Å². The molecule has 0 saturated carbocycles. The highest BCUT2D eigenvalue weighted by Crippen LogP contribution is 2.09. The molecule has 0 aromatic rings. The van der Waals surface area contributed by atoms with Crippen molar-refractivity contribution in [2.75, 3.05) is 0 Å². The van der Waals surface area contributed by atoms with E-state index in [2.05, 4.69) is 0 Å². The van der Waals surface area contributed by atoms with Gasteiger partial charge in [-0.25, -0.2) is 0 Å². The second-order valence-electron chi connectivity index (χ2n) is 5.34. The van der Waals surface area contributed by atoms with Gasteiger partial charge in [-0.2, -0.15) is 0 Å². The second kappa shape index (κ2) is 10.8. The molecule has 0 N–H and O–H groups in total. The Kier molecular flexibility index (Phi) is 10.2. The van der Waals surface area contributed by atoms with Gasteiger partial charge in [0.25, 0.3) is 0 Å². The van der Waals surface area contributed by atoms with Crippen LogP contribution in [0.4, 0.5) is 0 Å². The number of carbonyl (C=O) groups excluding carboxylic acids is 2. The molecule has 0 aliphatic heterocycles. The van der Waals surface area contributed by atoms with E-state index in [0.717, 1.165) is 32.1 Å². The van der Waals surface area contributed by atoms with Crippen LogP contribution in [-0.2, 0) is 19.1 Å². The first-order chi connectivity index (χ1) is 8.91. The summed E-state index contributed by atoms with van der Waals surface area (Å²) in [5.41, 5.74) is 0. The van der Waals surface area contributed by atoms with Crippen molar-refractivity contribution in [3.05, 3.63) is 0 Å². The Morgan fingerprint density at radius 2 is 1.00 bits per heavy atom. The summed E-state index contributed by atoms with van der Waals surface area (Å²) in [6.07, 6.45) is 5.72. The van der Waals surface area contributed by atoms with E-state index in [0.29, 0.717) is 12.8 Å². The van der Waals surface area contributed by atoms with Crippen LogP contribution in [0.2, 0.25) is 0 Å². The molecule has 0 unspecified atom stereocenters. The molecule has 0 fully saturated rings. The van der Waals surface area contributed by atoms with Gasteiger partial charge in [0, 0.05) is 12.8 Å². The maximum Gasteiger partial charge on any atom is 0.306 e. The van der Waals surface area contributed by atoms with Crippen LogP contribution in [0.25, 0.3) is 0 Å². The van der Waals surface area contributed by atoms with Gasteiger partial charge >= 0.3 is 11.9 Å². The molecule has 0 aliphatic carbocycles. The van der Waals surface area contributed by atoms with Gasteiger partial charge in [-0.3, -0.25) is 9.59 Å². The largest absolute Gasteiger partial charge is 0.463 e. The van der Waals surface area contributed by atoms with Gasteiger partial charge in [-0.05, 0) is 40.5 Å². The van der Waals surface area contributed by atoms with Crippen LogP contribution in [0.3, 0.4) is 0 Å². The maximum absolute atomic E-state index is 11.3. The van der Waals surface area contributed by atoms with Gasteiger partial charge in [0.15, 0.2) is 0 Å². The monoisotopic (exact) mass is 272 g/mol. The number of hydrogen-bond donors (Lipinski definition) is 0. The molecular weight excluding hydrogens is 244 g/mol. The maximum atomic E-state index is 11.3. The van der Waals surface area contributed by atoms with Gasteiger partial charge in [0.05, 0.1) is 12.2 Å². The van der Waals surface area contributed by atoms with Crippen LogP contribution < -0.4 is 0 Å². The first-order valence-electron chi connectivity index (χ1n) is 7.30. The predicted molar refractivity (Wildman–Crippen MR) is 74.8 cm³/mol. The third kappa shape index (κ3) is 13.2. The van der Waals surface area contributed by atoms with Gasteiger partial charge < -0.3 is 9.47 Å². The van der Waals surface area contributed by atoms with E-state index in [1.165, 1.54) is 0 Å². The van der Waals surface area contributed by atoms with E-state index in [1.54, 1.807) is 0 Å². The van der Waals surface area contributed by atoms with Crippen molar-refractivity contribution in [2.24, 2.45) is 0 Å². The van der Waals surface area contributed by atoms with E-state index in [9.17, 15) is 9.59 Å². The second-order valence-corrected chi connectivity index (χ2v) is 5.34. The number of carbonyl (C=O) groups is 2. The Bertz CT molecular complexity index is 233. The lowest BCUT2D eigenvalue weighted by molar-refractivity contribution is -0.148. The Morgan fingerprint density at radius 1 is 0.684 bits per heavy atom. The van der Waals surface area contributed by atoms with E-state index in [1.807, 2.05) is 27.7 Å². The van der Waals surface area contributed by atoms with E-state index >= 15 is 0 Å². The van der Waals surface area contributed by atoms with Crippen LogP contribution in [0.1, 0.15) is 72.6 Å². The lowest BCUT2D eigenvalue weighted by Gasteiger charge is -2.08. The molecule has 19 heavy (non-hydrogen) atoms. The average molecular weight is 272 g/mol. The van der Waals surface area contributed by atoms with Crippen molar-refractivity contribution in [1.82, 2.24) is 0 Å². The highest BCUT2D eigenvalue weighted by Gasteiger charge is 2.06. The number of hydrogen-bond acceptors (Lipinski definition) is 4. The molecule has 0 amide bonds. The highest BCUT2D eigenvalue weighted by molar-refractivity contribution is 5.69. The Hall–Kier alpha value is -1.06. The summed E-state index contributed by atoms with van der Waals surface area (Å²) in [5.74, 6) is -0.231. The molecule has 112 valence electrons. The molecule has 0 rings (SSSR count). The minimum Gasteiger partial charge on any atom is -0.463 e. The fourth-order valence-electron chi connectivity index (χ4n) is 1.71. The molecule has 0 heterocycles. The van der Waals surface area contributed by atoms with Crippen molar-refractivity contribution in [2.45, 2.75) is 84.8 Å². The Balaban J connectivity index is 3.32. The predicted octanol–water partition coefficient (Wildman–Crippen LogP) is 3.62. The lowest BCUT2D eigenvalue weighted by Crippen LogP contribution is -2.11. The number of unbranched alkanes of at least 4 members (excludes halogenated alkanes) is 4. The lowest BCUT2D eigenvalue weighted by atomic mass is 10.1. The summed E-state index contributed by atoms with van der Waals surface area (Å²) in [6.45, 7) is 7.42. The van der Waals surface area contributed by atoms with Crippen molar-refractivity contribution >= 4 is 11.9 Å². The summed E-state index contributed by atoms with van der Waals surface area (Å²) in [4.78, 5) is 22.5. The minimum atomic E-state index is -0.115. The molecule has 0 aromatic heterocycles. The molecule has 4 heteroatoms. The third-order valence-electron chi connectivity index (χ3n) is 2.50. The van der Waals surface area contributed by atoms with Crippen LogP contribution in [0.15, 0.2) is 0 Å². The van der Waals surface area contributed by atoms with E-state index in [4.69, 9.17) is 9.47 Å². The summed E-state index contributed by atoms with van der Waals surface area (Å²) in [6, 6.07) is 0. The molecular formula is C15H28O4. The van der Waals surface area contributed by atoms with Crippen LogP contribution in [-0.4, -0.2) is 24.1 Å². The van der Waals surface area contributed by atoms with Gasteiger partial charge in [-0.15, -0.1) is 0 Å². The number of esters is 2. The number of ether oxygens (including phenoxy) is 2. The zero-order chi connectivity index (χ0) is 14.7. The van der Waals surface area contributed by atoms with Crippen LogP contribution in [0, 0.1) is 0 Å². The summed E-state index contributed by atoms with van der Waals surface area (Å²) < 4.78 is 10.1. The third-order valence-corrected chi connectivity index (χ3v) is 2.50. The first kappa shape index (κ1) is 17.9. The minimum absolute atomic E-state index is 0.0283. The van der Waals surface area contributed by atoms with Crippen molar-refractivity contribution < 1.29 is 19.1 Å². The van der Waals surface area contributed by atoms with Gasteiger partial charge in [-0.1, -0.05) is 19.3 Å². The highest BCUT2D eigenvalue weighted by atomic mass is 16.5. The average Bonchev–Trinajstić information content (AvgIpc) is 2.25.